The van der Waals surface area contributed by atoms with Crippen LogP contribution in [0, 0.1) is 10.1 Å². The van der Waals surface area contributed by atoms with E-state index in [1.165, 1.54) is 29.8 Å². The Bertz CT molecular complexity index is 1110. The van der Waals surface area contributed by atoms with Crippen LogP contribution in [-0.2, 0) is 0 Å². The number of nitro groups is 1. The van der Waals surface area contributed by atoms with Gasteiger partial charge in [-0.05, 0) is 27.6 Å². The molecule has 0 unspecified atom stereocenters. The lowest BCUT2D eigenvalue weighted by atomic mass is 10.1. The van der Waals surface area contributed by atoms with Crippen molar-refractivity contribution in [3.63, 3.8) is 0 Å². The lowest BCUT2D eigenvalue weighted by Gasteiger charge is -2.10. The molecule has 0 fully saturated rings. The van der Waals surface area contributed by atoms with Crippen molar-refractivity contribution in [3.05, 3.63) is 74.8 Å². The molecular weight excluding hydrogens is 416 g/mol. The van der Waals surface area contributed by atoms with Crippen LogP contribution in [0.25, 0.3) is 21.3 Å². The number of rotatable bonds is 4. The van der Waals surface area contributed by atoms with Gasteiger partial charge in [0, 0.05) is 27.5 Å². The second-order valence-electron chi connectivity index (χ2n) is 5.46. The van der Waals surface area contributed by atoms with Crippen molar-refractivity contribution in [1.82, 2.24) is 9.97 Å². The summed E-state index contributed by atoms with van der Waals surface area (Å²) in [6.45, 7) is 0. The van der Waals surface area contributed by atoms with Crippen molar-refractivity contribution in [3.8, 4) is 11.1 Å². The molecule has 0 bridgehead atoms. The molecule has 0 atom stereocenters. The van der Waals surface area contributed by atoms with Gasteiger partial charge in [0.05, 0.1) is 16.0 Å². The molecule has 0 spiro atoms. The minimum atomic E-state index is -0.423. The maximum Gasteiger partial charge on any atom is 0.271 e. The van der Waals surface area contributed by atoms with E-state index in [4.69, 9.17) is 0 Å². The highest BCUT2D eigenvalue weighted by Crippen LogP contribution is 2.38. The van der Waals surface area contributed by atoms with Crippen molar-refractivity contribution < 1.29 is 4.92 Å². The van der Waals surface area contributed by atoms with Crippen molar-refractivity contribution in [2.75, 3.05) is 5.32 Å². The molecule has 1 N–H and O–H groups in total. The smallest absolute Gasteiger partial charge is 0.271 e. The molecule has 0 aliphatic carbocycles. The van der Waals surface area contributed by atoms with Gasteiger partial charge in [-0.25, -0.2) is 9.97 Å². The van der Waals surface area contributed by atoms with E-state index in [1.54, 1.807) is 6.07 Å². The van der Waals surface area contributed by atoms with Crippen LogP contribution in [0.3, 0.4) is 0 Å². The first-order valence-electron chi connectivity index (χ1n) is 7.62. The molecule has 26 heavy (non-hydrogen) atoms. The molecule has 0 amide bonds. The quantitative estimate of drug-likeness (QED) is 0.330. The SMILES string of the molecule is O=[N+]([O-])c1ccc(Br)c(Nc2ncnc3scc(-c4ccccc4)c23)c1. The average Bonchev–Trinajstić information content (AvgIpc) is 3.09. The Morgan fingerprint density at radius 2 is 1.92 bits per heavy atom. The monoisotopic (exact) mass is 426 g/mol. The van der Waals surface area contributed by atoms with Gasteiger partial charge in [0.25, 0.3) is 5.69 Å². The fourth-order valence-electron chi connectivity index (χ4n) is 2.65. The Morgan fingerprint density at radius 1 is 1.12 bits per heavy atom. The first-order valence-corrected chi connectivity index (χ1v) is 9.29. The third-order valence-electron chi connectivity index (χ3n) is 3.87. The molecule has 0 aliphatic rings. The van der Waals surface area contributed by atoms with E-state index >= 15 is 0 Å². The van der Waals surface area contributed by atoms with Gasteiger partial charge in [-0.2, -0.15) is 0 Å². The van der Waals surface area contributed by atoms with Crippen LogP contribution in [0.15, 0.2) is 64.7 Å². The number of aromatic nitrogens is 2. The van der Waals surface area contributed by atoms with E-state index < -0.39 is 4.92 Å². The Kier molecular flexibility index (Phi) is 4.36. The zero-order valence-electron chi connectivity index (χ0n) is 13.2. The van der Waals surface area contributed by atoms with E-state index in [0.29, 0.717) is 16.0 Å². The molecule has 6 nitrogen and oxygen atoms in total. The predicted octanol–water partition coefficient (Wildman–Crippen LogP) is 5.77. The summed E-state index contributed by atoms with van der Waals surface area (Å²) in [4.78, 5) is 20.2. The maximum atomic E-state index is 11.1. The third-order valence-corrected chi connectivity index (χ3v) is 5.45. The zero-order chi connectivity index (χ0) is 18.1. The summed E-state index contributed by atoms with van der Waals surface area (Å²) in [5.74, 6) is 0.608. The second-order valence-corrected chi connectivity index (χ2v) is 7.18. The summed E-state index contributed by atoms with van der Waals surface area (Å²) in [6, 6.07) is 14.6. The summed E-state index contributed by atoms with van der Waals surface area (Å²) < 4.78 is 0.714. The first-order chi connectivity index (χ1) is 12.6. The predicted molar refractivity (Wildman–Crippen MR) is 107 cm³/mol. The summed E-state index contributed by atoms with van der Waals surface area (Å²) >= 11 is 4.96. The molecular formula is C18H11BrN4O2S. The zero-order valence-corrected chi connectivity index (χ0v) is 15.6. The van der Waals surface area contributed by atoms with Gasteiger partial charge in [0.15, 0.2) is 0 Å². The molecule has 2 aromatic carbocycles. The van der Waals surface area contributed by atoms with Crippen LogP contribution >= 0.6 is 27.3 Å². The molecule has 2 heterocycles. The molecule has 4 aromatic rings. The van der Waals surface area contributed by atoms with Crippen LogP contribution in [0.4, 0.5) is 17.2 Å². The number of nitro benzene ring substituents is 1. The van der Waals surface area contributed by atoms with E-state index in [9.17, 15) is 10.1 Å². The number of thiophene rings is 1. The maximum absolute atomic E-state index is 11.1. The van der Waals surface area contributed by atoms with Crippen LogP contribution in [0.2, 0.25) is 0 Å². The van der Waals surface area contributed by atoms with Gasteiger partial charge < -0.3 is 5.32 Å². The minimum absolute atomic E-state index is 0.00889. The van der Waals surface area contributed by atoms with Gasteiger partial charge in [-0.3, -0.25) is 10.1 Å². The first kappa shape index (κ1) is 16.6. The van der Waals surface area contributed by atoms with E-state index in [-0.39, 0.29) is 5.69 Å². The Morgan fingerprint density at radius 3 is 2.69 bits per heavy atom. The summed E-state index contributed by atoms with van der Waals surface area (Å²) in [5.41, 5.74) is 2.67. The normalized spacial score (nSPS) is 10.8. The lowest BCUT2D eigenvalue weighted by Crippen LogP contribution is -1.98. The highest BCUT2D eigenvalue weighted by atomic mass is 79.9. The molecule has 0 saturated heterocycles. The molecule has 0 radical (unpaired) electrons. The molecule has 0 saturated carbocycles. The molecule has 8 heteroatoms. The Labute approximate surface area is 160 Å². The fourth-order valence-corrected chi connectivity index (χ4v) is 3.91. The number of hydrogen-bond acceptors (Lipinski definition) is 6. The van der Waals surface area contributed by atoms with Gasteiger partial charge in [-0.1, -0.05) is 30.3 Å². The van der Waals surface area contributed by atoms with Crippen molar-refractivity contribution in [2.24, 2.45) is 0 Å². The van der Waals surface area contributed by atoms with Gasteiger partial charge in [0.1, 0.15) is 17.0 Å². The molecule has 2 aromatic heterocycles. The lowest BCUT2D eigenvalue weighted by molar-refractivity contribution is -0.384. The standard InChI is InChI=1S/C18H11BrN4O2S/c19-14-7-6-12(23(24)25)8-15(14)22-17-16-13(11-4-2-1-3-5-11)9-26-18(16)21-10-20-17/h1-10H,(H,20,21,22). The van der Waals surface area contributed by atoms with Crippen LogP contribution < -0.4 is 5.32 Å². The largest absolute Gasteiger partial charge is 0.338 e. The molecule has 4 rings (SSSR count). The van der Waals surface area contributed by atoms with Gasteiger partial charge in [-0.15, -0.1) is 11.3 Å². The van der Waals surface area contributed by atoms with E-state index in [0.717, 1.165) is 21.3 Å². The van der Waals surface area contributed by atoms with Crippen molar-refractivity contribution >= 4 is 54.7 Å². The number of nitrogens with one attached hydrogen (secondary N) is 1. The minimum Gasteiger partial charge on any atom is -0.338 e. The second kappa shape index (κ2) is 6.81. The molecule has 128 valence electrons. The third kappa shape index (κ3) is 3.04. The van der Waals surface area contributed by atoms with Crippen molar-refractivity contribution in [2.45, 2.75) is 0 Å². The van der Waals surface area contributed by atoms with E-state index in [1.807, 2.05) is 35.7 Å². The summed E-state index contributed by atoms with van der Waals surface area (Å²) in [7, 11) is 0. The number of benzene rings is 2. The highest BCUT2D eigenvalue weighted by Gasteiger charge is 2.15. The highest BCUT2D eigenvalue weighted by molar-refractivity contribution is 9.10. The number of halogens is 1. The fraction of sp³-hybridized carbons (Fsp3) is 0. The molecule has 0 aliphatic heterocycles. The van der Waals surface area contributed by atoms with Crippen LogP contribution in [-0.4, -0.2) is 14.9 Å². The number of fused-ring (bicyclic) bond motifs is 1. The average molecular weight is 427 g/mol. The Balaban J connectivity index is 1.84. The number of non-ortho nitro benzene ring substituents is 1. The van der Waals surface area contributed by atoms with Crippen LogP contribution in [0.1, 0.15) is 0 Å². The Hall–Kier alpha value is -2.84. The van der Waals surface area contributed by atoms with E-state index in [2.05, 4.69) is 31.2 Å². The number of nitrogens with zero attached hydrogens (tertiary/aromatic N) is 3. The topological polar surface area (TPSA) is 81.0 Å². The van der Waals surface area contributed by atoms with Gasteiger partial charge >= 0.3 is 0 Å². The summed E-state index contributed by atoms with van der Waals surface area (Å²) in [5, 5.41) is 17.2. The van der Waals surface area contributed by atoms with Crippen molar-refractivity contribution in [1.29, 1.82) is 0 Å². The number of hydrogen-bond donors (Lipinski definition) is 1. The van der Waals surface area contributed by atoms with Gasteiger partial charge in [0.2, 0.25) is 0 Å². The summed E-state index contributed by atoms with van der Waals surface area (Å²) in [6.07, 6.45) is 1.49. The van der Waals surface area contributed by atoms with Crippen LogP contribution in [0.5, 0.6) is 0 Å². The number of anilines is 2.